The van der Waals surface area contributed by atoms with Gasteiger partial charge in [-0.25, -0.2) is 0 Å². The maximum atomic E-state index is 6.32. The minimum Gasteiger partial charge on any atom is -0.493 e. The van der Waals surface area contributed by atoms with Crippen LogP contribution in [0.15, 0.2) is 18.2 Å². The molecule has 92 valence electrons. The average molecular weight is 251 g/mol. The number of hydrogen-bond acceptors (Lipinski definition) is 1. The molecule has 1 aromatic carbocycles. The second-order valence-corrected chi connectivity index (χ2v) is 5.85. The van der Waals surface area contributed by atoms with Gasteiger partial charge in [0.15, 0.2) is 0 Å². The first-order valence-corrected chi connectivity index (χ1v) is 7.15. The summed E-state index contributed by atoms with van der Waals surface area (Å²) in [5.41, 5.74) is 2.83. The first kappa shape index (κ1) is 11.4. The highest BCUT2D eigenvalue weighted by molar-refractivity contribution is 6.20. The Labute approximate surface area is 108 Å². The van der Waals surface area contributed by atoms with Gasteiger partial charge >= 0.3 is 0 Å². The second kappa shape index (κ2) is 4.89. The zero-order chi connectivity index (χ0) is 11.7. The summed E-state index contributed by atoms with van der Waals surface area (Å²) in [6, 6.07) is 6.66. The first-order valence-electron chi connectivity index (χ1n) is 6.71. The molecule has 0 saturated heterocycles. The predicted molar refractivity (Wildman–Crippen MR) is 70.9 cm³/mol. The highest BCUT2D eigenvalue weighted by Crippen LogP contribution is 2.34. The lowest BCUT2D eigenvalue weighted by Crippen LogP contribution is -2.08. The third-order valence-corrected chi connectivity index (χ3v) is 4.70. The molecule has 2 aliphatic rings. The number of halogens is 1. The van der Waals surface area contributed by atoms with Gasteiger partial charge in [0.2, 0.25) is 0 Å². The molecule has 3 rings (SSSR count). The lowest BCUT2D eigenvalue weighted by atomic mass is 9.97. The molecular formula is C15H19ClO. The lowest BCUT2D eigenvalue weighted by molar-refractivity contribution is 0.357. The molecule has 2 unspecified atom stereocenters. The summed E-state index contributed by atoms with van der Waals surface area (Å²) in [5.74, 6) is 1.83. The Morgan fingerprint density at radius 2 is 2.24 bits per heavy atom. The van der Waals surface area contributed by atoms with Crippen molar-refractivity contribution in [3.63, 3.8) is 0 Å². The fourth-order valence-corrected chi connectivity index (χ4v) is 3.47. The van der Waals surface area contributed by atoms with Crippen LogP contribution >= 0.6 is 11.6 Å². The van der Waals surface area contributed by atoms with E-state index in [1.165, 1.54) is 43.2 Å². The average Bonchev–Trinajstić information content (AvgIpc) is 2.94. The highest BCUT2D eigenvalue weighted by Gasteiger charge is 2.24. The summed E-state index contributed by atoms with van der Waals surface area (Å²) >= 11 is 6.32. The van der Waals surface area contributed by atoms with E-state index in [1.807, 2.05) is 0 Å². The Bertz CT molecular complexity index is 402. The van der Waals surface area contributed by atoms with Crippen molar-refractivity contribution in [2.75, 3.05) is 6.61 Å². The van der Waals surface area contributed by atoms with E-state index in [9.17, 15) is 0 Å². The Kier molecular flexibility index (Phi) is 3.28. The largest absolute Gasteiger partial charge is 0.493 e. The van der Waals surface area contributed by atoms with Crippen LogP contribution in [0.4, 0.5) is 0 Å². The van der Waals surface area contributed by atoms with E-state index in [2.05, 4.69) is 18.2 Å². The normalized spacial score (nSPS) is 26.9. The van der Waals surface area contributed by atoms with Crippen LogP contribution in [-0.4, -0.2) is 12.0 Å². The first-order chi connectivity index (χ1) is 8.33. The molecule has 17 heavy (non-hydrogen) atoms. The van der Waals surface area contributed by atoms with Crippen molar-refractivity contribution in [3.8, 4) is 5.75 Å². The van der Waals surface area contributed by atoms with Gasteiger partial charge in [0.05, 0.1) is 6.61 Å². The molecule has 1 aliphatic carbocycles. The van der Waals surface area contributed by atoms with Gasteiger partial charge in [0.25, 0.3) is 0 Å². The van der Waals surface area contributed by atoms with E-state index in [1.54, 1.807) is 0 Å². The molecule has 0 radical (unpaired) electrons. The summed E-state index contributed by atoms with van der Waals surface area (Å²) in [6.07, 6.45) is 7.34. The van der Waals surface area contributed by atoms with E-state index < -0.39 is 0 Å². The summed E-state index contributed by atoms with van der Waals surface area (Å²) in [4.78, 5) is 0. The number of hydrogen-bond donors (Lipinski definition) is 0. The van der Waals surface area contributed by atoms with Crippen LogP contribution in [-0.2, 0) is 12.8 Å². The van der Waals surface area contributed by atoms with Crippen LogP contribution in [0.25, 0.3) is 0 Å². The smallest absolute Gasteiger partial charge is 0.122 e. The van der Waals surface area contributed by atoms with Gasteiger partial charge in [-0.1, -0.05) is 18.6 Å². The van der Waals surface area contributed by atoms with Crippen molar-refractivity contribution in [2.24, 2.45) is 5.92 Å². The number of aryl methyl sites for hydroxylation is 1. The quantitative estimate of drug-likeness (QED) is 0.738. The van der Waals surface area contributed by atoms with Gasteiger partial charge in [-0.05, 0) is 48.8 Å². The van der Waals surface area contributed by atoms with Crippen molar-refractivity contribution in [1.82, 2.24) is 0 Å². The molecule has 2 heteroatoms. The minimum atomic E-state index is 0.424. The predicted octanol–water partition coefficient (Wildman–Crippen LogP) is 3.96. The third-order valence-electron chi connectivity index (χ3n) is 4.12. The second-order valence-electron chi connectivity index (χ2n) is 5.29. The summed E-state index contributed by atoms with van der Waals surface area (Å²) in [5, 5.41) is 0.424. The summed E-state index contributed by atoms with van der Waals surface area (Å²) in [6.45, 7) is 0.852. The third kappa shape index (κ3) is 2.44. The van der Waals surface area contributed by atoms with Crippen molar-refractivity contribution in [3.05, 3.63) is 29.3 Å². The summed E-state index contributed by atoms with van der Waals surface area (Å²) in [7, 11) is 0. The van der Waals surface area contributed by atoms with Gasteiger partial charge in [0, 0.05) is 11.8 Å². The molecule has 2 atom stereocenters. The van der Waals surface area contributed by atoms with Crippen molar-refractivity contribution in [1.29, 1.82) is 0 Å². The lowest BCUT2D eigenvalue weighted by Gasteiger charge is -2.13. The van der Waals surface area contributed by atoms with Crippen LogP contribution in [0.5, 0.6) is 5.75 Å². The van der Waals surface area contributed by atoms with Crippen LogP contribution < -0.4 is 4.74 Å². The van der Waals surface area contributed by atoms with E-state index >= 15 is 0 Å². The molecule has 0 spiro atoms. The molecule has 1 aliphatic heterocycles. The highest BCUT2D eigenvalue weighted by atomic mass is 35.5. The van der Waals surface area contributed by atoms with Crippen LogP contribution in [0, 0.1) is 5.92 Å². The van der Waals surface area contributed by atoms with E-state index in [0.717, 1.165) is 24.7 Å². The number of rotatable bonds is 3. The monoisotopic (exact) mass is 250 g/mol. The molecular weight excluding hydrogens is 232 g/mol. The number of fused-ring (bicyclic) bond motifs is 1. The van der Waals surface area contributed by atoms with Crippen LogP contribution in [0.1, 0.15) is 36.8 Å². The molecule has 1 nitrogen and oxygen atoms in total. The fourth-order valence-electron chi connectivity index (χ4n) is 3.06. The SMILES string of the molecule is ClC1CCCC1CCc1ccc2c(c1)CCO2. The zero-order valence-corrected chi connectivity index (χ0v) is 10.9. The van der Waals surface area contributed by atoms with Crippen molar-refractivity contribution in [2.45, 2.75) is 43.9 Å². The maximum absolute atomic E-state index is 6.32. The standard InChI is InChI=1S/C15H19ClO/c16-14-3-1-2-12(14)6-4-11-5-7-15-13(10-11)8-9-17-15/h5,7,10,12,14H,1-4,6,8-9H2. The molecule has 1 saturated carbocycles. The molecule has 0 amide bonds. The number of alkyl halides is 1. The Hall–Kier alpha value is -0.690. The van der Waals surface area contributed by atoms with Crippen LogP contribution in [0.2, 0.25) is 0 Å². The van der Waals surface area contributed by atoms with Gasteiger partial charge in [0.1, 0.15) is 5.75 Å². The zero-order valence-electron chi connectivity index (χ0n) is 10.1. The molecule has 1 heterocycles. The summed E-state index contributed by atoms with van der Waals surface area (Å²) < 4.78 is 5.53. The molecule has 0 N–H and O–H groups in total. The number of ether oxygens (including phenoxy) is 1. The Morgan fingerprint density at radius 1 is 1.29 bits per heavy atom. The van der Waals surface area contributed by atoms with E-state index in [0.29, 0.717) is 5.38 Å². The Morgan fingerprint density at radius 3 is 3.06 bits per heavy atom. The van der Waals surface area contributed by atoms with Gasteiger partial charge < -0.3 is 4.74 Å². The topological polar surface area (TPSA) is 9.23 Å². The maximum Gasteiger partial charge on any atom is 0.122 e. The Balaban J connectivity index is 1.61. The number of benzene rings is 1. The van der Waals surface area contributed by atoms with Gasteiger partial charge in [-0.3, -0.25) is 0 Å². The van der Waals surface area contributed by atoms with Crippen LogP contribution in [0.3, 0.4) is 0 Å². The molecule has 1 fully saturated rings. The molecule has 0 bridgehead atoms. The van der Waals surface area contributed by atoms with Crippen molar-refractivity contribution >= 4 is 11.6 Å². The minimum absolute atomic E-state index is 0.424. The van der Waals surface area contributed by atoms with E-state index in [4.69, 9.17) is 16.3 Å². The van der Waals surface area contributed by atoms with Gasteiger partial charge in [-0.2, -0.15) is 0 Å². The molecule has 1 aromatic rings. The van der Waals surface area contributed by atoms with Crippen molar-refractivity contribution < 1.29 is 4.74 Å². The van der Waals surface area contributed by atoms with Gasteiger partial charge in [-0.15, -0.1) is 11.6 Å². The van der Waals surface area contributed by atoms with E-state index in [-0.39, 0.29) is 0 Å². The fraction of sp³-hybridized carbons (Fsp3) is 0.600. The molecule has 0 aromatic heterocycles.